The van der Waals surface area contributed by atoms with E-state index >= 15 is 0 Å². The Balaban J connectivity index is 1.58. The van der Waals surface area contributed by atoms with Crippen molar-refractivity contribution in [2.24, 2.45) is 0 Å². The van der Waals surface area contributed by atoms with Crippen LogP contribution in [0.1, 0.15) is 52.8 Å². The maximum absolute atomic E-state index is 13.7. The van der Waals surface area contributed by atoms with E-state index in [0.717, 1.165) is 47.5 Å². The Kier molecular flexibility index (Phi) is 8.41. The Bertz CT molecular complexity index is 1450. The van der Waals surface area contributed by atoms with Crippen LogP contribution >= 0.6 is 11.6 Å². The summed E-state index contributed by atoms with van der Waals surface area (Å²) < 4.78 is 7.61. The molecule has 1 heterocycles. The van der Waals surface area contributed by atoms with Crippen LogP contribution in [0.25, 0.3) is 11.1 Å². The zero-order valence-corrected chi connectivity index (χ0v) is 21.7. The van der Waals surface area contributed by atoms with Crippen molar-refractivity contribution in [3.05, 3.63) is 116 Å². The van der Waals surface area contributed by atoms with E-state index in [2.05, 4.69) is 6.92 Å². The number of hydrogen-bond donors (Lipinski definition) is 1. The van der Waals surface area contributed by atoms with Gasteiger partial charge in [-0.25, -0.2) is 9.78 Å². The molecular weight excluding hydrogens is 488 g/mol. The summed E-state index contributed by atoms with van der Waals surface area (Å²) in [5, 5.41) is 9.48. The molecule has 0 spiro atoms. The van der Waals surface area contributed by atoms with Crippen LogP contribution in [0.5, 0.6) is 5.75 Å². The van der Waals surface area contributed by atoms with Crippen molar-refractivity contribution in [1.82, 2.24) is 9.55 Å². The van der Waals surface area contributed by atoms with Gasteiger partial charge in [-0.3, -0.25) is 9.36 Å². The lowest BCUT2D eigenvalue weighted by molar-refractivity contribution is 0.0697. The minimum Gasteiger partial charge on any atom is -0.487 e. The first kappa shape index (κ1) is 26.2. The van der Waals surface area contributed by atoms with Gasteiger partial charge in [0.15, 0.2) is 0 Å². The van der Waals surface area contributed by atoms with Crippen LogP contribution in [-0.2, 0) is 19.6 Å². The van der Waals surface area contributed by atoms with Crippen molar-refractivity contribution >= 4 is 17.6 Å². The molecule has 4 aromatic rings. The summed E-state index contributed by atoms with van der Waals surface area (Å²) in [6.07, 6.45) is 2.67. The van der Waals surface area contributed by atoms with E-state index in [1.807, 2.05) is 49.4 Å². The summed E-state index contributed by atoms with van der Waals surface area (Å²) in [5.74, 6) is 0.311. The Morgan fingerprint density at radius 2 is 1.73 bits per heavy atom. The molecule has 7 heteroatoms. The van der Waals surface area contributed by atoms with E-state index in [0.29, 0.717) is 22.9 Å². The minimum atomic E-state index is -0.970. The molecule has 37 heavy (non-hydrogen) atoms. The molecule has 0 aliphatic carbocycles. The van der Waals surface area contributed by atoms with Crippen LogP contribution in [0.3, 0.4) is 0 Å². The molecule has 190 valence electrons. The van der Waals surface area contributed by atoms with Crippen molar-refractivity contribution in [3.8, 4) is 16.9 Å². The average molecular weight is 517 g/mol. The predicted octanol–water partition coefficient (Wildman–Crippen LogP) is 6.54. The average Bonchev–Trinajstić information content (AvgIpc) is 2.89. The Morgan fingerprint density at radius 3 is 2.38 bits per heavy atom. The van der Waals surface area contributed by atoms with E-state index in [4.69, 9.17) is 26.4 Å². The summed E-state index contributed by atoms with van der Waals surface area (Å²) in [7, 11) is 0. The summed E-state index contributed by atoms with van der Waals surface area (Å²) >= 11 is 6.54. The zero-order chi connectivity index (χ0) is 26.4. The number of carboxylic acids is 1. The van der Waals surface area contributed by atoms with Crippen molar-refractivity contribution in [1.29, 1.82) is 0 Å². The summed E-state index contributed by atoms with van der Waals surface area (Å²) in [4.78, 5) is 29.5. The number of aryl methyl sites for hydroxylation is 2. The highest BCUT2D eigenvalue weighted by atomic mass is 35.5. The van der Waals surface area contributed by atoms with Gasteiger partial charge in [0.05, 0.1) is 28.4 Å². The van der Waals surface area contributed by atoms with Gasteiger partial charge in [-0.15, -0.1) is 0 Å². The van der Waals surface area contributed by atoms with Crippen LogP contribution < -0.4 is 10.3 Å². The molecule has 0 aliphatic heterocycles. The van der Waals surface area contributed by atoms with E-state index in [1.165, 1.54) is 0 Å². The van der Waals surface area contributed by atoms with Crippen molar-refractivity contribution < 1.29 is 14.6 Å². The smallest absolute Gasteiger partial charge is 0.335 e. The number of aromatic nitrogens is 2. The van der Waals surface area contributed by atoms with Crippen LogP contribution in [0, 0.1) is 6.92 Å². The largest absolute Gasteiger partial charge is 0.487 e. The fourth-order valence-corrected chi connectivity index (χ4v) is 4.45. The van der Waals surface area contributed by atoms with E-state index in [1.54, 1.807) is 34.9 Å². The van der Waals surface area contributed by atoms with E-state index < -0.39 is 5.97 Å². The SMILES string of the molecule is CCCCc1nc(C)c(-c2ccccc2)c(=O)n1Cc1ccc(OCc2ccc(C(=O)O)cc2)c(Cl)c1. The Morgan fingerprint density at radius 1 is 1.03 bits per heavy atom. The van der Waals surface area contributed by atoms with Gasteiger partial charge in [-0.1, -0.05) is 73.5 Å². The molecule has 0 bridgehead atoms. The maximum atomic E-state index is 13.7. The lowest BCUT2D eigenvalue weighted by Crippen LogP contribution is -2.28. The number of unbranched alkanes of at least 4 members (excludes halogenated alkanes) is 1. The minimum absolute atomic E-state index is 0.0638. The number of carboxylic acid groups (broad SMARTS) is 1. The molecule has 0 radical (unpaired) electrons. The van der Waals surface area contributed by atoms with Gasteiger partial charge >= 0.3 is 5.97 Å². The first-order valence-electron chi connectivity index (χ1n) is 12.3. The van der Waals surface area contributed by atoms with Gasteiger partial charge in [0.25, 0.3) is 5.56 Å². The molecular formula is C30H29ClN2O4. The molecule has 1 aromatic heterocycles. The number of rotatable bonds is 10. The number of aromatic carboxylic acids is 1. The monoisotopic (exact) mass is 516 g/mol. The number of carbonyl (C=O) groups is 1. The lowest BCUT2D eigenvalue weighted by Gasteiger charge is -2.17. The van der Waals surface area contributed by atoms with E-state index in [-0.39, 0.29) is 17.7 Å². The molecule has 0 unspecified atom stereocenters. The highest BCUT2D eigenvalue weighted by molar-refractivity contribution is 6.32. The van der Waals surface area contributed by atoms with Crippen LogP contribution in [0.15, 0.2) is 77.6 Å². The molecule has 0 saturated carbocycles. The molecule has 0 atom stereocenters. The number of benzene rings is 3. The first-order valence-corrected chi connectivity index (χ1v) is 12.6. The zero-order valence-electron chi connectivity index (χ0n) is 20.9. The molecule has 1 N–H and O–H groups in total. The highest BCUT2D eigenvalue weighted by Gasteiger charge is 2.16. The Hall–Kier alpha value is -3.90. The van der Waals surface area contributed by atoms with Gasteiger partial charge in [0, 0.05) is 6.42 Å². The van der Waals surface area contributed by atoms with Gasteiger partial charge in [0.1, 0.15) is 18.2 Å². The van der Waals surface area contributed by atoms with Crippen molar-refractivity contribution in [2.45, 2.75) is 46.3 Å². The van der Waals surface area contributed by atoms with Crippen LogP contribution in [-0.4, -0.2) is 20.6 Å². The normalized spacial score (nSPS) is 10.9. The fraction of sp³-hybridized carbons (Fsp3) is 0.233. The quantitative estimate of drug-likeness (QED) is 0.259. The van der Waals surface area contributed by atoms with Gasteiger partial charge in [0.2, 0.25) is 0 Å². The predicted molar refractivity (Wildman–Crippen MR) is 146 cm³/mol. The topological polar surface area (TPSA) is 81.4 Å². The molecule has 0 aliphatic rings. The lowest BCUT2D eigenvalue weighted by atomic mass is 10.1. The maximum Gasteiger partial charge on any atom is 0.335 e. The second kappa shape index (κ2) is 11.9. The van der Waals surface area contributed by atoms with Gasteiger partial charge in [-0.05, 0) is 54.3 Å². The third-order valence-electron chi connectivity index (χ3n) is 6.18. The first-order chi connectivity index (χ1) is 17.9. The van der Waals surface area contributed by atoms with Gasteiger partial charge in [-0.2, -0.15) is 0 Å². The highest BCUT2D eigenvalue weighted by Crippen LogP contribution is 2.27. The van der Waals surface area contributed by atoms with Crippen LogP contribution in [0.4, 0.5) is 0 Å². The molecule has 6 nitrogen and oxygen atoms in total. The summed E-state index contributed by atoms with van der Waals surface area (Å²) in [6, 6.07) is 21.6. The standard InChI is InChI=1S/C30H29ClN2O4/c1-3-4-10-27-32-20(2)28(23-8-6-5-7-9-23)29(34)33(27)18-22-13-16-26(25(31)17-22)37-19-21-11-14-24(15-12-21)30(35)36/h5-9,11-17H,3-4,10,18-19H2,1-2H3,(H,35,36). The number of ether oxygens (including phenoxy) is 1. The molecule has 0 fully saturated rings. The summed E-state index contributed by atoms with van der Waals surface area (Å²) in [5.41, 5.74) is 4.06. The molecule has 0 saturated heterocycles. The third-order valence-corrected chi connectivity index (χ3v) is 6.47. The number of hydrogen-bond acceptors (Lipinski definition) is 4. The summed E-state index contributed by atoms with van der Waals surface area (Å²) in [6.45, 7) is 4.61. The fourth-order valence-electron chi connectivity index (χ4n) is 4.19. The molecule has 3 aromatic carbocycles. The van der Waals surface area contributed by atoms with E-state index in [9.17, 15) is 9.59 Å². The second-order valence-electron chi connectivity index (χ2n) is 8.90. The molecule has 0 amide bonds. The van der Waals surface area contributed by atoms with Crippen molar-refractivity contribution in [2.75, 3.05) is 0 Å². The second-order valence-corrected chi connectivity index (χ2v) is 9.31. The molecule has 4 rings (SSSR count). The van der Waals surface area contributed by atoms with Crippen LogP contribution in [0.2, 0.25) is 5.02 Å². The third kappa shape index (κ3) is 6.27. The Labute approximate surface area is 221 Å². The van der Waals surface area contributed by atoms with Crippen molar-refractivity contribution in [3.63, 3.8) is 0 Å². The van der Waals surface area contributed by atoms with Gasteiger partial charge < -0.3 is 9.84 Å². The number of nitrogens with zero attached hydrogens (tertiary/aromatic N) is 2. The number of halogens is 1.